The summed E-state index contributed by atoms with van der Waals surface area (Å²) >= 11 is 7.57. The lowest BCUT2D eigenvalue weighted by Gasteiger charge is -2.12. The van der Waals surface area contributed by atoms with E-state index in [2.05, 4.69) is 10.3 Å². The molecule has 0 bridgehead atoms. The summed E-state index contributed by atoms with van der Waals surface area (Å²) in [5.74, 6) is 0.309. The molecule has 4 nitrogen and oxygen atoms in total. The Morgan fingerprint density at radius 2 is 2.00 bits per heavy atom. The molecule has 1 amide bonds. The number of ether oxygens (including phenoxy) is 1. The van der Waals surface area contributed by atoms with Gasteiger partial charge in [0.25, 0.3) is 5.91 Å². The molecular formula is C20H15ClN2O2S. The van der Waals surface area contributed by atoms with Gasteiger partial charge in [-0.1, -0.05) is 59.3 Å². The molecule has 1 aromatic heterocycles. The number of amides is 1. The first kappa shape index (κ1) is 16.8. The second-order valence-corrected chi connectivity index (χ2v) is 7.09. The van der Waals surface area contributed by atoms with Crippen LogP contribution >= 0.6 is 22.9 Å². The van der Waals surface area contributed by atoms with Gasteiger partial charge in [0, 0.05) is 0 Å². The lowest BCUT2D eigenvalue weighted by molar-refractivity contribution is 0.102. The van der Waals surface area contributed by atoms with Gasteiger partial charge in [0.15, 0.2) is 5.13 Å². The number of carbonyl (C=O) groups excluding carboxylic acids is 1. The quantitative estimate of drug-likeness (QED) is 0.488. The highest BCUT2D eigenvalue weighted by molar-refractivity contribution is 7.22. The summed E-state index contributed by atoms with van der Waals surface area (Å²) in [7, 11) is 0. The van der Waals surface area contributed by atoms with Crippen molar-refractivity contribution >= 4 is 55.0 Å². The summed E-state index contributed by atoms with van der Waals surface area (Å²) in [5.41, 5.74) is 1.20. The van der Waals surface area contributed by atoms with Gasteiger partial charge >= 0.3 is 0 Å². The molecule has 0 radical (unpaired) electrons. The molecule has 4 rings (SSSR count). The van der Waals surface area contributed by atoms with Gasteiger partial charge in [-0.3, -0.25) is 10.1 Å². The summed E-state index contributed by atoms with van der Waals surface area (Å²) in [6, 6.07) is 17.1. The SMILES string of the molecule is CCOc1ccc2ccccc2c1C(=O)Nc1nc2c(Cl)cccc2s1. The van der Waals surface area contributed by atoms with E-state index < -0.39 is 0 Å². The number of halogens is 1. The molecule has 0 saturated carbocycles. The average Bonchev–Trinajstić information content (AvgIpc) is 3.05. The second kappa shape index (κ2) is 6.94. The van der Waals surface area contributed by atoms with Crippen molar-refractivity contribution in [1.29, 1.82) is 0 Å². The Labute approximate surface area is 159 Å². The number of carbonyl (C=O) groups is 1. The van der Waals surface area contributed by atoms with Crippen LogP contribution in [0.15, 0.2) is 54.6 Å². The molecule has 1 N–H and O–H groups in total. The van der Waals surface area contributed by atoms with Gasteiger partial charge in [0.1, 0.15) is 11.3 Å². The zero-order valence-electron chi connectivity index (χ0n) is 14.0. The van der Waals surface area contributed by atoms with E-state index in [9.17, 15) is 4.79 Å². The lowest BCUT2D eigenvalue weighted by atomic mass is 10.0. The predicted molar refractivity (Wildman–Crippen MR) is 108 cm³/mol. The third kappa shape index (κ3) is 3.00. The number of fused-ring (bicyclic) bond motifs is 2. The first-order valence-corrected chi connectivity index (χ1v) is 9.37. The minimum atomic E-state index is -0.250. The summed E-state index contributed by atoms with van der Waals surface area (Å²) in [6.45, 7) is 2.38. The van der Waals surface area contributed by atoms with Gasteiger partial charge in [-0.25, -0.2) is 4.98 Å². The molecule has 6 heteroatoms. The van der Waals surface area contributed by atoms with E-state index in [-0.39, 0.29) is 5.91 Å². The van der Waals surface area contributed by atoms with Crippen LogP contribution in [-0.4, -0.2) is 17.5 Å². The average molecular weight is 383 g/mol. The maximum absolute atomic E-state index is 13.0. The molecule has 0 aliphatic rings. The van der Waals surface area contributed by atoms with Crippen LogP contribution in [0.25, 0.3) is 21.0 Å². The Kier molecular flexibility index (Phi) is 4.49. The van der Waals surface area contributed by atoms with Gasteiger partial charge in [-0.2, -0.15) is 0 Å². The minimum absolute atomic E-state index is 0.250. The van der Waals surface area contributed by atoms with Crippen molar-refractivity contribution in [2.24, 2.45) is 0 Å². The van der Waals surface area contributed by atoms with Crippen molar-refractivity contribution in [3.05, 3.63) is 65.2 Å². The summed E-state index contributed by atoms with van der Waals surface area (Å²) in [4.78, 5) is 17.5. The largest absolute Gasteiger partial charge is 0.493 e. The number of hydrogen-bond donors (Lipinski definition) is 1. The highest BCUT2D eigenvalue weighted by atomic mass is 35.5. The minimum Gasteiger partial charge on any atom is -0.493 e. The van der Waals surface area contributed by atoms with Crippen molar-refractivity contribution in [2.75, 3.05) is 11.9 Å². The summed E-state index contributed by atoms with van der Waals surface area (Å²) in [6.07, 6.45) is 0. The number of nitrogens with one attached hydrogen (secondary N) is 1. The smallest absolute Gasteiger partial charge is 0.261 e. The molecule has 0 saturated heterocycles. The van der Waals surface area contributed by atoms with Crippen LogP contribution in [-0.2, 0) is 0 Å². The summed E-state index contributed by atoms with van der Waals surface area (Å²) in [5, 5.41) is 5.80. The highest BCUT2D eigenvalue weighted by Crippen LogP contribution is 2.33. The Bertz CT molecular complexity index is 1120. The maximum Gasteiger partial charge on any atom is 0.261 e. The predicted octanol–water partition coefficient (Wildman–Crippen LogP) is 5.75. The van der Waals surface area contributed by atoms with Crippen LogP contribution in [0.5, 0.6) is 5.75 Å². The molecule has 26 heavy (non-hydrogen) atoms. The van der Waals surface area contributed by atoms with E-state index in [1.54, 1.807) is 6.07 Å². The molecule has 1 heterocycles. The first-order chi connectivity index (χ1) is 12.7. The number of aromatic nitrogens is 1. The van der Waals surface area contributed by atoms with Gasteiger partial charge in [0.2, 0.25) is 0 Å². The molecule has 0 unspecified atom stereocenters. The van der Waals surface area contributed by atoms with E-state index in [1.807, 2.05) is 55.5 Å². The molecule has 0 fully saturated rings. The van der Waals surface area contributed by atoms with Crippen molar-refractivity contribution < 1.29 is 9.53 Å². The number of benzene rings is 3. The number of rotatable bonds is 4. The Balaban J connectivity index is 1.77. The molecule has 0 aliphatic carbocycles. The van der Waals surface area contributed by atoms with Crippen molar-refractivity contribution in [2.45, 2.75) is 6.92 Å². The Hall–Kier alpha value is -2.63. The lowest BCUT2D eigenvalue weighted by Crippen LogP contribution is -2.14. The van der Waals surface area contributed by atoms with Crippen LogP contribution in [0.2, 0.25) is 5.02 Å². The zero-order valence-corrected chi connectivity index (χ0v) is 15.5. The number of thiazole rings is 1. The van der Waals surface area contributed by atoms with E-state index in [1.165, 1.54) is 11.3 Å². The van der Waals surface area contributed by atoms with Crippen molar-refractivity contribution in [3.63, 3.8) is 0 Å². The number of nitrogens with zero attached hydrogens (tertiary/aromatic N) is 1. The third-order valence-corrected chi connectivity index (χ3v) is 5.25. The molecule has 130 valence electrons. The van der Waals surface area contributed by atoms with E-state index in [0.717, 1.165) is 15.5 Å². The topological polar surface area (TPSA) is 51.2 Å². The van der Waals surface area contributed by atoms with E-state index in [0.29, 0.717) is 33.6 Å². The molecule has 0 aliphatic heterocycles. The summed E-state index contributed by atoms with van der Waals surface area (Å²) < 4.78 is 6.61. The fourth-order valence-corrected chi connectivity index (χ4v) is 4.05. The fraction of sp³-hybridized carbons (Fsp3) is 0.100. The standard InChI is InChI=1S/C20H15ClN2O2S/c1-2-25-15-11-10-12-6-3-4-7-13(12)17(15)19(24)23-20-22-18-14(21)8-5-9-16(18)26-20/h3-11H,2H2,1H3,(H,22,23,24). The molecule has 4 aromatic rings. The van der Waals surface area contributed by atoms with Crippen LogP contribution in [0.4, 0.5) is 5.13 Å². The first-order valence-electron chi connectivity index (χ1n) is 8.18. The Morgan fingerprint density at radius 1 is 1.15 bits per heavy atom. The van der Waals surface area contributed by atoms with E-state index in [4.69, 9.17) is 16.3 Å². The van der Waals surface area contributed by atoms with Gasteiger partial charge < -0.3 is 4.74 Å². The zero-order chi connectivity index (χ0) is 18.1. The molecule has 3 aromatic carbocycles. The fourth-order valence-electron chi connectivity index (χ4n) is 2.89. The van der Waals surface area contributed by atoms with Crippen LogP contribution in [0.1, 0.15) is 17.3 Å². The normalized spacial score (nSPS) is 11.0. The maximum atomic E-state index is 13.0. The van der Waals surface area contributed by atoms with Crippen molar-refractivity contribution in [1.82, 2.24) is 4.98 Å². The second-order valence-electron chi connectivity index (χ2n) is 5.65. The number of hydrogen-bond acceptors (Lipinski definition) is 4. The van der Waals surface area contributed by atoms with Gasteiger partial charge in [-0.15, -0.1) is 0 Å². The Morgan fingerprint density at radius 3 is 2.81 bits per heavy atom. The van der Waals surface area contributed by atoms with Crippen LogP contribution in [0.3, 0.4) is 0 Å². The van der Waals surface area contributed by atoms with Crippen LogP contribution < -0.4 is 10.1 Å². The number of anilines is 1. The van der Waals surface area contributed by atoms with Crippen molar-refractivity contribution in [3.8, 4) is 5.75 Å². The van der Waals surface area contributed by atoms with Crippen LogP contribution in [0, 0.1) is 0 Å². The third-order valence-electron chi connectivity index (χ3n) is 4.01. The van der Waals surface area contributed by atoms with Gasteiger partial charge in [0.05, 0.1) is 21.9 Å². The molecule has 0 atom stereocenters. The van der Waals surface area contributed by atoms with E-state index >= 15 is 0 Å². The molecular weight excluding hydrogens is 368 g/mol. The monoisotopic (exact) mass is 382 g/mol. The van der Waals surface area contributed by atoms with Gasteiger partial charge in [-0.05, 0) is 35.9 Å². The number of para-hydroxylation sites is 1. The molecule has 0 spiro atoms. The highest BCUT2D eigenvalue weighted by Gasteiger charge is 2.18.